The van der Waals surface area contributed by atoms with Crippen molar-refractivity contribution in [1.29, 1.82) is 0 Å². The van der Waals surface area contributed by atoms with Crippen molar-refractivity contribution in [3.8, 4) is 28.3 Å². The summed E-state index contributed by atoms with van der Waals surface area (Å²) in [5.41, 5.74) is 4.52. The summed E-state index contributed by atoms with van der Waals surface area (Å²) in [4.78, 5) is 16.6. The molecule has 5 heterocycles. The van der Waals surface area contributed by atoms with E-state index in [4.69, 9.17) is 9.97 Å². The van der Waals surface area contributed by atoms with Crippen molar-refractivity contribution in [3.63, 3.8) is 0 Å². The van der Waals surface area contributed by atoms with Gasteiger partial charge in [0.1, 0.15) is 12.0 Å². The lowest BCUT2D eigenvalue weighted by Gasteiger charge is -2.35. The largest absolute Gasteiger partial charge is 0.311 e. The number of aromatic nitrogens is 8. The number of rotatable bonds is 4. The fourth-order valence-corrected chi connectivity index (χ4v) is 4.38. The molecule has 1 atom stereocenters. The zero-order valence-corrected chi connectivity index (χ0v) is 18.2. The Morgan fingerprint density at radius 1 is 1.00 bits per heavy atom. The Morgan fingerprint density at radius 3 is 2.67 bits per heavy atom. The summed E-state index contributed by atoms with van der Waals surface area (Å²) in [6.07, 6.45) is 10.0. The third-order valence-corrected chi connectivity index (χ3v) is 5.87. The topological polar surface area (TPSA) is 90.4 Å². The molecule has 5 aromatic rings. The Bertz CT molecular complexity index is 1440. The lowest BCUT2D eigenvalue weighted by atomic mass is 10.0. The van der Waals surface area contributed by atoms with Crippen LogP contribution in [0, 0.1) is 0 Å². The van der Waals surface area contributed by atoms with Crippen LogP contribution in [0.15, 0.2) is 73.6 Å². The summed E-state index contributed by atoms with van der Waals surface area (Å²) in [5.74, 6) is 2.26. The Labute approximate surface area is 190 Å². The van der Waals surface area contributed by atoms with E-state index in [9.17, 15) is 0 Å². The van der Waals surface area contributed by atoms with Crippen molar-refractivity contribution >= 4 is 11.5 Å². The van der Waals surface area contributed by atoms with Gasteiger partial charge < -0.3 is 4.90 Å². The number of fused-ring (bicyclic) bond motifs is 3. The van der Waals surface area contributed by atoms with Crippen LogP contribution in [-0.2, 0) is 7.05 Å². The first kappa shape index (κ1) is 19.3. The molecule has 1 aromatic carbocycles. The molecule has 0 saturated heterocycles. The maximum atomic E-state index is 5.07. The highest BCUT2D eigenvalue weighted by atomic mass is 15.4. The molecule has 1 unspecified atom stereocenters. The molecule has 0 aliphatic carbocycles. The summed E-state index contributed by atoms with van der Waals surface area (Å²) < 4.78 is 3.76. The van der Waals surface area contributed by atoms with Gasteiger partial charge in [0.15, 0.2) is 17.5 Å². The van der Waals surface area contributed by atoms with Crippen LogP contribution in [0.1, 0.15) is 25.2 Å². The fourth-order valence-electron chi connectivity index (χ4n) is 4.38. The molecule has 0 fully saturated rings. The molecule has 9 heteroatoms. The quantitative estimate of drug-likeness (QED) is 0.419. The van der Waals surface area contributed by atoms with E-state index in [1.54, 1.807) is 17.2 Å². The fraction of sp³-hybridized carbons (Fsp3) is 0.167. The first-order valence-corrected chi connectivity index (χ1v) is 10.8. The van der Waals surface area contributed by atoms with E-state index < -0.39 is 0 Å². The minimum absolute atomic E-state index is 0.0329. The molecular weight excluding hydrogens is 414 g/mol. The van der Waals surface area contributed by atoms with Gasteiger partial charge in [-0.2, -0.15) is 5.10 Å². The molecule has 4 aromatic heterocycles. The molecule has 0 radical (unpaired) electrons. The van der Waals surface area contributed by atoms with Gasteiger partial charge in [-0.15, -0.1) is 10.2 Å². The lowest BCUT2D eigenvalue weighted by molar-refractivity contribution is 0.589. The van der Waals surface area contributed by atoms with E-state index in [0.717, 1.165) is 46.3 Å². The summed E-state index contributed by atoms with van der Waals surface area (Å²) in [6.45, 7) is 2.13. The van der Waals surface area contributed by atoms with Crippen LogP contribution in [0.4, 0.5) is 11.5 Å². The Balaban J connectivity index is 1.57. The summed E-state index contributed by atoms with van der Waals surface area (Å²) >= 11 is 0. The van der Waals surface area contributed by atoms with Crippen molar-refractivity contribution in [2.45, 2.75) is 19.4 Å². The van der Waals surface area contributed by atoms with Crippen LogP contribution >= 0.6 is 0 Å². The Kier molecular flexibility index (Phi) is 4.46. The van der Waals surface area contributed by atoms with E-state index >= 15 is 0 Å². The first-order valence-electron chi connectivity index (χ1n) is 10.8. The number of benzene rings is 1. The van der Waals surface area contributed by atoms with Gasteiger partial charge in [0.2, 0.25) is 0 Å². The van der Waals surface area contributed by atoms with Crippen LogP contribution in [0.2, 0.25) is 0 Å². The third-order valence-electron chi connectivity index (χ3n) is 5.87. The smallest absolute Gasteiger partial charge is 0.163 e. The molecule has 0 spiro atoms. The second kappa shape index (κ2) is 7.63. The van der Waals surface area contributed by atoms with Crippen molar-refractivity contribution in [3.05, 3.63) is 79.4 Å². The highest BCUT2D eigenvalue weighted by Gasteiger charge is 2.35. The predicted molar refractivity (Wildman–Crippen MR) is 124 cm³/mol. The molecule has 1 aliphatic rings. The lowest BCUT2D eigenvalue weighted by Crippen LogP contribution is -2.32. The summed E-state index contributed by atoms with van der Waals surface area (Å²) in [5, 5.41) is 13.0. The van der Waals surface area contributed by atoms with Crippen molar-refractivity contribution in [2.24, 2.45) is 7.05 Å². The van der Waals surface area contributed by atoms with E-state index in [0.29, 0.717) is 5.82 Å². The maximum absolute atomic E-state index is 5.07. The molecule has 33 heavy (non-hydrogen) atoms. The van der Waals surface area contributed by atoms with Crippen molar-refractivity contribution in [2.75, 3.05) is 4.90 Å². The summed E-state index contributed by atoms with van der Waals surface area (Å²) in [6, 6.07) is 14.0. The molecule has 0 bridgehead atoms. The Hall–Kier alpha value is -4.40. The first-order chi connectivity index (χ1) is 16.2. The monoisotopic (exact) mass is 435 g/mol. The van der Waals surface area contributed by atoms with Gasteiger partial charge in [-0.3, -0.25) is 14.2 Å². The number of nitrogens with zero attached hydrogens (tertiary/aromatic N) is 9. The van der Waals surface area contributed by atoms with Gasteiger partial charge in [0.25, 0.3) is 0 Å². The second-order valence-electron chi connectivity index (χ2n) is 7.89. The minimum Gasteiger partial charge on any atom is -0.311 e. The maximum Gasteiger partial charge on any atom is 0.163 e. The summed E-state index contributed by atoms with van der Waals surface area (Å²) in [7, 11) is 1.91. The predicted octanol–water partition coefficient (Wildman–Crippen LogP) is 4.12. The third kappa shape index (κ3) is 3.08. The Morgan fingerprint density at radius 2 is 1.88 bits per heavy atom. The van der Waals surface area contributed by atoms with E-state index in [1.165, 1.54) is 0 Å². The van der Waals surface area contributed by atoms with Gasteiger partial charge in [-0.05, 0) is 18.6 Å². The highest BCUT2D eigenvalue weighted by Crippen LogP contribution is 2.43. The van der Waals surface area contributed by atoms with Crippen LogP contribution in [0.3, 0.4) is 0 Å². The molecule has 0 saturated carbocycles. The van der Waals surface area contributed by atoms with Gasteiger partial charge in [-0.1, -0.05) is 37.3 Å². The zero-order chi connectivity index (χ0) is 22.4. The van der Waals surface area contributed by atoms with Gasteiger partial charge in [-0.25, -0.2) is 9.97 Å². The molecule has 0 amide bonds. The molecule has 0 N–H and O–H groups in total. The van der Waals surface area contributed by atoms with Crippen LogP contribution in [-0.4, -0.2) is 39.5 Å². The number of aryl methyl sites for hydroxylation is 1. The zero-order valence-electron chi connectivity index (χ0n) is 18.2. The SMILES string of the molecule is CCC1c2nncn2-c2cnc(-c3cccnc3-c3ccccc3)nc2N1c1cnn(C)c1. The number of pyridine rings is 1. The van der Waals surface area contributed by atoms with E-state index in [-0.39, 0.29) is 6.04 Å². The average molecular weight is 435 g/mol. The standard InChI is InChI=1S/C24H21N9/c1-3-19-24-30-27-15-32(24)20-13-26-22(29-23(20)33(19)17-12-28-31(2)14-17)18-10-7-11-25-21(18)16-8-5-4-6-9-16/h4-15,19H,3H2,1-2H3. The van der Waals surface area contributed by atoms with Gasteiger partial charge >= 0.3 is 0 Å². The molecular formula is C24H21N9. The van der Waals surface area contributed by atoms with Gasteiger partial charge in [0.05, 0.1) is 29.8 Å². The van der Waals surface area contributed by atoms with E-state index in [2.05, 4.69) is 32.1 Å². The number of hydrogen-bond donors (Lipinski definition) is 0. The molecule has 9 nitrogen and oxygen atoms in total. The van der Waals surface area contributed by atoms with Crippen LogP contribution in [0.5, 0.6) is 0 Å². The van der Waals surface area contributed by atoms with Crippen LogP contribution in [0.25, 0.3) is 28.3 Å². The van der Waals surface area contributed by atoms with Gasteiger partial charge in [0, 0.05) is 30.6 Å². The molecule has 1 aliphatic heterocycles. The molecule has 6 rings (SSSR count). The average Bonchev–Trinajstić information content (AvgIpc) is 3.52. The highest BCUT2D eigenvalue weighted by molar-refractivity contribution is 5.79. The second-order valence-corrected chi connectivity index (χ2v) is 7.89. The molecule has 162 valence electrons. The number of anilines is 2. The van der Waals surface area contributed by atoms with E-state index in [1.807, 2.05) is 72.7 Å². The van der Waals surface area contributed by atoms with Crippen molar-refractivity contribution in [1.82, 2.24) is 39.5 Å². The van der Waals surface area contributed by atoms with Crippen LogP contribution < -0.4 is 4.90 Å². The number of hydrogen-bond acceptors (Lipinski definition) is 7. The minimum atomic E-state index is -0.0329. The normalized spacial score (nSPS) is 14.7. The van der Waals surface area contributed by atoms with Crippen molar-refractivity contribution < 1.29 is 0 Å².